The fraction of sp³-hybridized carbons (Fsp3) is 0.364. The summed E-state index contributed by atoms with van der Waals surface area (Å²) < 4.78 is 5.51. The summed E-state index contributed by atoms with van der Waals surface area (Å²) >= 11 is 0. The van der Waals surface area contributed by atoms with Gasteiger partial charge in [-0.05, 0) is 30.7 Å². The molecule has 0 saturated heterocycles. The summed E-state index contributed by atoms with van der Waals surface area (Å²) in [6.45, 7) is 1.85. The molecule has 10 heteroatoms. The number of carbonyl (C=O) groups is 4. The van der Waals surface area contributed by atoms with Gasteiger partial charge in [0.2, 0.25) is 11.8 Å². The van der Waals surface area contributed by atoms with Crippen LogP contribution in [0.15, 0.2) is 40.8 Å². The summed E-state index contributed by atoms with van der Waals surface area (Å²) in [4.78, 5) is 47.2. The minimum Gasteiger partial charge on any atom is -0.478 e. The van der Waals surface area contributed by atoms with Crippen LogP contribution in [-0.2, 0) is 9.59 Å². The third kappa shape index (κ3) is 7.24. The number of benzene rings is 1. The van der Waals surface area contributed by atoms with Crippen LogP contribution in [0.4, 0.5) is 0 Å². The lowest BCUT2D eigenvalue weighted by Crippen LogP contribution is -2.41. The van der Waals surface area contributed by atoms with Crippen molar-refractivity contribution in [2.24, 2.45) is 5.92 Å². The Labute approximate surface area is 185 Å². The normalized spacial score (nSPS) is 11.4. The summed E-state index contributed by atoms with van der Waals surface area (Å²) in [5.41, 5.74) is 2.13. The summed E-state index contributed by atoms with van der Waals surface area (Å²) in [6, 6.07) is 9.11. The molecule has 0 saturated carbocycles. The summed E-state index contributed by atoms with van der Waals surface area (Å²) in [6.07, 6.45) is 2.96. The zero-order chi connectivity index (χ0) is 23.5. The highest BCUT2D eigenvalue weighted by Gasteiger charge is 2.21. The van der Waals surface area contributed by atoms with Crippen molar-refractivity contribution in [1.82, 2.24) is 16.1 Å². The number of carboxylic acids is 1. The molecule has 0 bridgehead atoms. The van der Waals surface area contributed by atoms with Crippen molar-refractivity contribution in [1.29, 1.82) is 0 Å². The van der Waals surface area contributed by atoms with Crippen LogP contribution in [0.2, 0.25) is 0 Å². The second kappa shape index (κ2) is 12.3. The monoisotopic (exact) mass is 445 g/mol. The molecular formula is C22H27N3O7. The van der Waals surface area contributed by atoms with Crippen LogP contribution < -0.4 is 16.1 Å². The molecule has 0 fully saturated rings. The van der Waals surface area contributed by atoms with E-state index in [9.17, 15) is 19.2 Å². The fourth-order valence-corrected chi connectivity index (χ4v) is 3.10. The van der Waals surface area contributed by atoms with Gasteiger partial charge in [0.25, 0.3) is 5.91 Å². The predicted octanol–water partition coefficient (Wildman–Crippen LogP) is 2.54. The second-order valence-electron chi connectivity index (χ2n) is 7.21. The van der Waals surface area contributed by atoms with Gasteiger partial charge in [0, 0.05) is 17.9 Å². The maximum atomic E-state index is 12.4. The molecule has 0 aliphatic carbocycles. The SMILES string of the molecule is CCCCC[C@H](CC(=O)NO)C(=O)NCNC(=O)c1ccc(-c2cccc(C(=O)O)c2)o1. The number of carboxylic acid groups (broad SMARTS) is 1. The average Bonchev–Trinajstić information content (AvgIpc) is 3.28. The number of hydrogen-bond donors (Lipinski definition) is 5. The predicted molar refractivity (Wildman–Crippen MR) is 114 cm³/mol. The number of hydroxylamine groups is 1. The van der Waals surface area contributed by atoms with E-state index in [-0.39, 0.29) is 24.4 Å². The van der Waals surface area contributed by atoms with Crippen molar-refractivity contribution in [2.45, 2.75) is 39.0 Å². The molecule has 0 radical (unpaired) electrons. The van der Waals surface area contributed by atoms with Gasteiger partial charge in [-0.25, -0.2) is 10.3 Å². The Bertz CT molecular complexity index is 955. The van der Waals surface area contributed by atoms with Crippen molar-refractivity contribution in [3.8, 4) is 11.3 Å². The van der Waals surface area contributed by atoms with Crippen molar-refractivity contribution in [2.75, 3.05) is 6.67 Å². The van der Waals surface area contributed by atoms with Crippen LogP contribution in [0.1, 0.15) is 59.9 Å². The maximum absolute atomic E-state index is 12.4. The Morgan fingerprint density at radius 2 is 1.84 bits per heavy atom. The molecule has 1 aromatic heterocycles. The van der Waals surface area contributed by atoms with E-state index in [0.29, 0.717) is 17.7 Å². The lowest BCUT2D eigenvalue weighted by molar-refractivity contribution is -0.135. The van der Waals surface area contributed by atoms with Crippen LogP contribution in [-0.4, -0.2) is 40.7 Å². The molecule has 1 aromatic carbocycles. The molecule has 5 N–H and O–H groups in total. The third-order valence-corrected chi connectivity index (χ3v) is 4.82. The minimum absolute atomic E-state index is 0.00543. The first-order valence-electron chi connectivity index (χ1n) is 10.3. The van der Waals surface area contributed by atoms with Crippen LogP contribution in [0.5, 0.6) is 0 Å². The molecule has 2 rings (SSSR count). The van der Waals surface area contributed by atoms with Gasteiger partial charge in [-0.3, -0.25) is 19.6 Å². The van der Waals surface area contributed by atoms with Gasteiger partial charge in [-0.1, -0.05) is 38.3 Å². The van der Waals surface area contributed by atoms with E-state index in [0.717, 1.165) is 19.3 Å². The molecule has 0 aliphatic rings. The van der Waals surface area contributed by atoms with Gasteiger partial charge in [0.05, 0.1) is 12.2 Å². The molecule has 3 amide bonds. The smallest absolute Gasteiger partial charge is 0.335 e. The molecule has 2 aromatic rings. The Hall–Kier alpha value is -3.66. The largest absolute Gasteiger partial charge is 0.478 e. The number of rotatable bonds is 12. The van der Waals surface area contributed by atoms with Gasteiger partial charge >= 0.3 is 5.97 Å². The highest BCUT2D eigenvalue weighted by Crippen LogP contribution is 2.23. The zero-order valence-corrected chi connectivity index (χ0v) is 17.7. The van der Waals surface area contributed by atoms with Gasteiger partial charge in [-0.2, -0.15) is 0 Å². The van der Waals surface area contributed by atoms with Gasteiger partial charge in [0.1, 0.15) is 5.76 Å². The lowest BCUT2D eigenvalue weighted by Gasteiger charge is -2.16. The van der Waals surface area contributed by atoms with Crippen LogP contribution in [0.3, 0.4) is 0 Å². The molecular weight excluding hydrogens is 418 g/mol. The summed E-state index contributed by atoms with van der Waals surface area (Å²) in [5, 5.41) is 22.9. The first-order chi connectivity index (χ1) is 15.3. The fourth-order valence-electron chi connectivity index (χ4n) is 3.10. The zero-order valence-electron chi connectivity index (χ0n) is 17.7. The van der Waals surface area contributed by atoms with Gasteiger partial charge < -0.3 is 20.2 Å². The van der Waals surface area contributed by atoms with Crippen LogP contribution >= 0.6 is 0 Å². The number of amides is 3. The number of aromatic carboxylic acids is 1. The molecule has 1 atom stereocenters. The number of unbranched alkanes of at least 4 members (excludes halogenated alkanes) is 2. The Morgan fingerprint density at radius 3 is 2.53 bits per heavy atom. The lowest BCUT2D eigenvalue weighted by atomic mass is 9.96. The highest BCUT2D eigenvalue weighted by atomic mass is 16.5. The number of carbonyl (C=O) groups excluding carboxylic acids is 3. The Kier molecular flexibility index (Phi) is 9.43. The summed E-state index contributed by atoms with van der Waals surface area (Å²) in [5.74, 6) is -3.00. The molecule has 0 unspecified atom stereocenters. The van der Waals surface area contributed by atoms with Crippen molar-refractivity contribution in [3.05, 3.63) is 47.7 Å². The molecule has 32 heavy (non-hydrogen) atoms. The van der Waals surface area contributed by atoms with E-state index in [2.05, 4.69) is 10.6 Å². The number of nitrogens with one attached hydrogen (secondary N) is 3. The molecule has 1 heterocycles. The van der Waals surface area contributed by atoms with E-state index < -0.39 is 29.6 Å². The minimum atomic E-state index is -1.07. The topological polar surface area (TPSA) is 158 Å². The van der Waals surface area contributed by atoms with Gasteiger partial charge in [0.15, 0.2) is 5.76 Å². The van der Waals surface area contributed by atoms with Crippen molar-refractivity contribution in [3.63, 3.8) is 0 Å². The van der Waals surface area contributed by atoms with Gasteiger partial charge in [-0.15, -0.1) is 0 Å². The maximum Gasteiger partial charge on any atom is 0.335 e. The van der Waals surface area contributed by atoms with E-state index in [1.54, 1.807) is 18.2 Å². The quantitative estimate of drug-likeness (QED) is 0.145. The first-order valence-corrected chi connectivity index (χ1v) is 10.3. The van der Waals surface area contributed by atoms with Crippen LogP contribution in [0, 0.1) is 5.92 Å². The first kappa shape index (κ1) is 24.6. The summed E-state index contributed by atoms with van der Waals surface area (Å²) in [7, 11) is 0. The van der Waals surface area contributed by atoms with Crippen LogP contribution in [0.25, 0.3) is 11.3 Å². The number of furan rings is 1. The van der Waals surface area contributed by atoms with E-state index >= 15 is 0 Å². The second-order valence-corrected chi connectivity index (χ2v) is 7.21. The third-order valence-electron chi connectivity index (χ3n) is 4.82. The standard InChI is InChI=1S/C22H27N3O7/c1-2-3-4-6-15(12-19(26)25-31)20(27)23-13-24-21(28)18-10-9-17(32-18)14-7-5-8-16(11-14)22(29)30/h5,7-11,15,31H,2-4,6,12-13H2,1H3,(H,23,27)(H,24,28)(H,25,26)(H,29,30)/t15-/m1/s1. The van der Waals surface area contributed by atoms with E-state index in [1.165, 1.54) is 23.7 Å². The highest BCUT2D eigenvalue weighted by molar-refractivity contribution is 5.93. The van der Waals surface area contributed by atoms with E-state index in [4.69, 9.17) is 14.7 Å². The Morgan fingerprint density at radius 1 is 1.06 bits per heavy atom. The Balaban J connectivity index is 1.91. The van der Waals surface area contributed by atoms with E-state index in [1.807, 2.05) is 6.92 Å². The average molecular weight is 445 g/mol. The molecule has 10 nitrogen and oxygen atoms in total. The van der Waals surface area contributed by atoms with Crippen molar-refractivity contribution < 1.29 is 33.9 Å². The van der Waals surface area contributed by atoms with Crippen molar-refractivity contribution >= 4 is 23.7 Å². The molecule has 0 spiro atoms. The number of hydrogen-bond acceptors (Lipinski definition) is 6. The molecule has 0 aliphatic heterocycles. The molecule has 172 valence electrons.